The normalized spacial score (nSPS) is 22.5. The molecule has 0 radical (unpaired) electrons. The fraction of sp³-hybridized carbons (Fsp3) is 0.385. The Kier molecular flexibility index (Phi) is 3.82. The Labute approximate surface area is 115 Å². The quantitative estimate of drug-likeness (QED) is 0.808. The molecule has 0 spiro atoms. The second-order valence-electron chi connectivity index (χ2n) is 4.67. The maximum atomic E-state index is 12.2. The number of carboxylic acids is 1. The molecule has 1 amide bonds. The minimum atomic E-state index is -1.31. The minimum Gasteiger partial charge on any atom is -0.480 e. The van der Waals surface area contributed by atoms with Crippen LogP contribution in [0.4, 0.5) is 0 Å². The maximum Gasteiger partial charge on any atom is 0.325 e. The number of nitrogens with zero attached hydrogens (tertiary/aromatic N) is 1. The van der Waals surface area contributed by atoms with Gasteiger partial charge in [-0.05, 0) is 36.9 Å². The molecule has 1 unspecified atom stereocenters. The van der Waals surface area contributed by atoms with Crippen molar-refractivity contribution in [3.63, 3.8) is 0 Å². The van der Waals surface area contributed by atoms with Crippen LogP contribution in [-0.2, 0) is 4.79 Å². The molecule has 19 heavy (non-hydrogen) atoms. The van der Waals surface area contributed by atoms with Crippen molar-refractivity contribution in [2.24, 2.45) is 5.73 Å². The first-order valence-corrected chi connectivity index (χ1v) is 7.14. The van der Waals surface area contributed by atoms with E-state index in [0.717, 1.165) is 4.90 Å². The average Bonchev–Trinajstić information content (AvgIpc) is 2.82. The maximum absolute atomic E-state index is 12.2. The molecule has 0 saturated carbocycles. The smallest absolute Gasteiger partial charge is 0.325 e. The van der Waals surface area contributed by atoms with Crippen molar-refractivity contribution in [3.8, 4) is 0 Å². The van der Waals surface area contributed by atoms with Gasteiger partial charge in [-0.1, -0.05) is 0 Å². The highest BCUT2D eigenvalue weighted by atomic mass is 32.2. The number of carbonyl (C=O) groups is 2. The van der Waals surface area contributed by atoms with E-state index in [1.54, 1.807) is 23.9 Å². The summed E-state index contributed by atoms with van der Waals surface area (Å²) in [6.45, 7) is 0.442. The third kappa shape index (κ3) is 2.74. The van der Waals surface area contributed by atoms with Gasteiger partial charge in [0.2, 0.25) is 0 Å². The van der Waals surface area contributed by atoms with E-state index in [-0.39, 0.29) is 18.9 Å². The van der Waals surface area contributed by atoms with Crippen LogP contribution >= 0.6 is 11.8 Å². The monoisotopic (exact) mass is 280 g/mol. The van der Waals surface area contributed by atoms with Crippen LogP contribution in [0, 0.1) is 0 Å². The van der Waals surface area contributed by atoms with E-state index in [1.807, 2.05) is 18.4 Å². The number of aliphatic carboxylic acids is 1. The Morgan fingerprint density at radius 1 is 1.37 bits per heavy atom. The van der Waals surface area contributed by atoms with Gasteiger partial charge in [0, 0.05) is 23.5 Å². The molecule has 0 aromatic heterocycles. The van der Waals surface area contributed by atoms with Crippen molar-refractivity contribution in [1.82, 2.24) is 4.90 Å². The fourth-order valence-electron chi connectivity index (χ4n) is 2.10. The van der Waals surface area contributed by atoms with Crippen molar-refractivity contribution in [2.45, 2.75) is 16.9 Å². The molecule has 1 heterocycles. The zero-order valence-electron chi connectivity index (χ0n) is 10.6. The number of hydrogen-bond acceptors (Lipinski definition) is 4. The minimum absolute atomic E-state index is 0.0610. The van der Waals surface area contributed by atoms with Crippen molar-refractivity contribution >= 4 is 23.6 Å². The van der Waals surface area contributed by atoms with Crippen molar-refractivity contribution in [1.29, 1.82) is 0 Å². The number of carboxylic acid groups (broad SMARTS) is 1. The third-order valence-electron chi connectivity index (χ3n) is 3.35. The highest BCUT2D eigenvalue weighted by Gasteiger charge is 2.43. The van der Waals surface area contributed by atoms with Crippen LogP contribution in [0.25, 0.3) is 0 Å². The summed E-state index contributed by atoms with van der Waals surface area (Å²) in [7, 11) is 0. The molecular weight excluding hydrogens is 264 g/mol. The highest BCUT2D eigenvalue weighted by Crippen LogP contribution is 2.22. The van der Waals surface area contributed by atoms with E-state index >= 15 is 0 Å². The lowest BCUT2D eigenvalue weighted by molar-refractivity contribution is -0.142. The zero-order chi connectivity index (χ0) is 14.0. The summed E-state index contributed by atoms with van der Waals surface area (Å²) in [6.07, 6.45) is 2.25. The van der Waals surface area contributed by atoms with Gasteiger partial charge in [0.05, 0.1) is 0 Å². The van der Waals surface area contributed by atoms with E-state index in [4.69, 9.17) is 10.8 Å². The Morgan fingerprint density at radius 3 is 2.47 bits per heavy atom. The van der Waals surface area contributed by atoms with Gasteiger partial charge >= 0.3 is 5.97 Å². The molecule has 1 saturated heterocycles. The lowest BCUT2D eigenvalue weighted by atomic mass is 10.0. The molecule has 1 aliphatic heterocycles. The molecule has 1 fully saturated rings. The van der Waals surface area contributed by atoms with Crippen LogP contribution < -0.4 is 5.73 Å². The average molecular weight is 280 g/mol. The van der Waals surface area contributed by atoms with Crippen LogP contribution in [0.3, 0.4) is 0 Å². The summed E-state index contributed by atoms with van der Waals surface area (Å²) in [5.74, 6) is -1.22. The van der Waals surface area contributed by atoms with Gasteiger partial charge in [0.1, 0.15) is 5.54 Å². The SMILES string of the molecule is CSc1ccc(C(=O)N2CCC(N)(C(=O)O)C2)cc1. The number of likely N-dealkylation sites (tertiary alicyclic amines) is 1. The molecule has 0 aliphatic carbocycles. The first kappa shape index (κ1) is 13.9. The Balaban J connectivity index is 2.11. The van der Waals surface area contributed by atoms with Gasteiger partial charge in [0.25, 0.3) is 5.91 Å². The molecule has 1 aromatic carbocycles. The topological polar surface area (TPSA) is 83.6 Å². The molecule has 1 aliphatic rings. The summed E-state index contributed by atoms with van der Waals surface area (Å²) >= 11 is 1.60. The van der Waals surface area contributed by atoms with Crippen LogP contribution in [0.15, 0.2) is 29.2 Å². The zero-order valence-corrected chi connectivity index (χ0v) is 11.4. The van der Waals surface area contributed by atoms with E-state index in [2.05, 4.69) is 0 Å². The summed E-state index contributed by atoms with van der Waals surface area (Å²) in [6, 6.07) is 7.26. The van der Waals surface area contributed by atoms with Crippen molar-refractivity contribution < 1.29 is 14.7 Å². The van der Waals surface area contributed by atoms with Crippen LogP contribution in [0.2, 0.25) is 0 Å². The van der Waals surface area contributed by atoms with E-state index in [9.17, 15) is 9.59 Å². The Morgan fingerprint density at radius 2 is 2.00 bits per heavy atom. The predicted molar refractivity (Wildman–Crippen MR) is 73.3 cm³/mol. The lowest BCUT2D eigenvalue weighted by Gasteiger charge is -2.20. The molecule has 102 valence electrons. The fourth-order valence-corrected chi connectivity index (χ4v) is 2.51. The van der Waals surface area contributed by atoms with E-state index < -0.39 is 11.5 Å². The predicted octanol–water partition coefficient (Wildman–Crippen LogP) is 1.04. The summed E-state index contributed by atoms with van der Waals surface area (Å²) in [4.78, 5) is 25.9. The van der Waals surface area contributed by atoms with Gasteiger partial charge in [-0.25, -0.2) is 0 Å². The summed E-state index contributed by atoms with van der Waals surface area (Å²) < 4.78 is 0. The molecule has 3 N–H and O–H groups in total. The number of carbonyl (C=O) groups excluding carboxylic acids is 1. The molecule has 1 aromatic rings. The third-order valence-corrected chi connectivity index (χ3v) is 4.09. The molecule has 1 atom stereocenters. The largest absolute Gasteiger partial charge is 0.480 e. The molecular formula is C13H16N2O3S. The van der Waals surface area contributed by atoms with Gasteiger partial charge in [-0.2, -0.15) is 0 Å². The number of amides is 1. The van der Waals surface area contributed by atoms with Gasteiger partial charge < -0.3 is 15.7 Å². The molecule has 2 rings (SSSR count). The van der Waals surface area contributed by atoms with Crippen LogP contribution in [0.1, 0.15) is 16.8 Å². The number of benzene rings is 1. The Hall–Kier alpha value is -1.53. The first-order valence-electron chi connectivity index (χ1n) is 5.92. The van der Waals surface area contributed by atoms with E-state index in [0.29, 0.717) is 12.1 Å². The number of hydrogen-bond donors (Lipinski definition) is 2. The van der Waals surface area contributed by atoms with Crippen LogP contribution in [-0.4, -0.2) is 46.8 Å². The molecule has 0 bridgehead atoms. The van der Waals surface area contributed by atoms with Gasteiger partial charge in [-0.3, -0.25) is 9.59 Å². The number of rotatable bonds is 3. The highest BCUT2D eigenvalue weighted by molar-refractivity contribution is 7.98. The van der Waals surface area contributed by atoms with Gasteiger partial charge in [0.15, 0.2) is 0 Å². The lowest BCUT2D eigenvalue weighted by Crippen LogP contribution is -2.50. The number of nitrogens with two attached hydrogens (primary N) is 1. The molecule has 6 heteroatoms. The first-order chi connectivity index (χ1) is 8.96. The van der Waals surface area contributed by atoms with Crippen LogP contribution in [0.5, 0.6) is 0 Å². The summed E-state index contributed by atoms with van der Waals surface area (Å²) in [5.41, 5.74) is 5.01. The second-order valence-corrected chi connectivity index (χ2v) is 5.55. The number of thioether (sulfide) groups is 1. The Bertz CT molecular complexity index is 503. The standard InChI is InChI=1S/C13H16N2O3S/c1-19-10-4-2-9(3-5-10)11(16)15-7-6-13(14,8-15)12(17)18/h2-5H,6-8,14H2,1H3,(H,17,18). The second kappa shape index (κ2) is 5.22. The van der Waals surface area contributed by atoms with Crippen molar-refractivity contribution in [3.05, 3.63) is 29.8 Å². The van der Waals surface area contributed by atoms with Gasteiger partial charge in [-0.15, -0.1) is 11.8 Å². The molecule has 5 nitrogen and oxygen atoms in total. The van der Waals surface area contributed by atoms with Crippen molar-refractivity contribution in [2.75, 3.05) is 19.3 Å². The summed E-state index contributed by atoms with van der Waals surface area (Å²) in [5, 5.41) is 9.05. The van der Waals surface area contributed by atoms with E-state index in [1.165, 1.54) is 4.90 Å².